The van der Waals surface area contributed by atoms with Gasteiger partial charge in [-0.15, -0.1) is 11.3 Å². The fourth-order valence-electron chi connectivity index (χ4n) is 4.50. The van der Waals surface area contributed by atoms with Crippen LogP contribution in [0.2, 0.25) is 0 Å². The topological polar surface area (TPSA) is 67.3 Å². The number of rotatable bonds is 7. The number of fused-ring (bicyclic) bond motifs is 1. The second-order valence-corrected chi connectivity index (χ2v) is 10.0. The SMILES string of the molecule is COC(=O)c1ccc(CNc2nc(CN3CCC(C)CC3)nc3scc(-c4ccccc4)c23)cc1. The molecule has 1 aliphatic rings. The average Bonchev–Trinajstić information content (AvgIpc) is 3.33. The van der Waals surface area contributed by atoms with Gasteiger partial charge in [-0.1, -0.05) is 49.4 Å². The molecule has 0 aliphatic carbocycles. The molecule has 1 N–H and O–H groups in total. The molecule has 180 valence electrons. The van der Waals surface area contributed by atoms with E-state index in [1.54, 1.807) is 23.5 Å². The lowest BCUT2D eigenvalue weighted by molar-refractivity contribution is 0.0600. The lowest BCUT2D eigenvalue weighted by Crippen LogP contribution is -2.33. The molecular formula is C28H30N4O2S. The highest BCUT2D eigenvalue weighted by Gasteiger charge is 2.20. The summed E-state index contributed by atoms with van der Waals surface area (Å²) in [6.07, 6.45) is 2.46. The maximum atomic E-state index is 11.8. The first kappa shape index (κ1) is 23.5. The maximum Gasteiger partial charge on any atom is 0.337 e. The zero-order valence-corrected chi connectivity index (χ0v) is 21.0. The van der Waals surface area contributed by atoms with E-state index < -0.39 is 0 Å². The van der Waals surface area contributed by atoms with Crippen LogP contribution in [0.1, 0.15) is 41.5 Å². The van der Waals surface area contributed by atoms with Gasteiger partial charge in [0.25, 0.3) is 0 Å². The van der Waals surface area contributed by atoms with E-state index in [9.17, 15) is 4.79 Å². The van der Waals surface area contributed by atoms with Gasteiger partial charge in [-0.2, -0.15) is 0 Å². The van der Waals surface area contributed by atoms with E-state index in [4.69, 9.17) is 14.7 Å². The molecule has 0 amide bonds. The summed E-state index contributed by atoms with van der Waals surface area (Å²) >= 11 is 1.67. The number of thiophene rings is 1. The molecule has 0 saturated carbocycles. The van der Waals surface area contributed by atoms with Gasteiger partial charge in [0.2, 0.25) is 0 Å². The van der Waals surface area contributed by atoms with Gasteiger partial charge in [0.15, 0.2) is 0 Å². The summed E-state index contributed by atoms with van der Waals surface area (Å²) in [6.45, 7) is 5.88. The second kappa shape index (κ2) is 10.5. The van der Waals surface area contributed by atoms with E-state index in [1.165, 1.54) is 20.0 Å². The van der Waals surface area contributed by atoms with E-state index in [2.05, 4.69) is 46.8 Å². The van der Waals surface area contributed by atoms with Crippen LogP contribution in [0.5, 0.6) is 0 Å². The molecule has 1 saturated heterocycles. The van der Waals surface area contributed by atoms with Crippen LogP contribution in [0.25, 0.3) is 21.3 Å². The first-order valence-electron chi connectivity index (χ1n) is 12.1. The van der Waals surface area contributed by atoms with Gasteiger partial charge in [-0.05, 0) is 55.1 Å². The number of carbonyl (C=O) groups excluding carboxylic acids is 1. The van der Waals surface area contributed by atoms with Crippen LogP contribution in [0, 0.1) is 5.92 Å². The number of benzene rings is 2. The van der Waals surface area contributed by atoms with E-state index in [0.29, 0.717) is 12.1 Å². The Kier molecular flexibility index (Phi) is 7.06. The van der Waals surface area contributed by atoms with Crippen molar-refractivity contribution in [2.24, 2.45) is 5.92 Å². The summed E-state index contributed by atoms with van der Waals surface area (Å²) in [5, 5.41) is 6.81. The first-order valence-corrected chi connectivity index (χ1v) is 13.0. The summed E-state index contributed by atoms with van der Waals surface area (Å²) in [6, 6.07) is 17.9. The first-order chi connectivity index (χ1) is 17.1. The number of hydrogen-bond donors (Lipinski definition) is 1. The molecule has 0 unspecified atom stereocenters. The van der Waals surface area contributed by atoms with Crippen LogP contribution in [0.4, 0.5) is 5.82 Å². The Morgan fingerprint density at radius 1 is 1.09 bits per heavy atom. The summed E-state index contributed by atoms with van der Waals surface area (Å²) in [7, 11) is 1.39. The maximum absolute atomic E-state index is 11.8. The largest absolute Gasteiger partial charge is 0.465 e. The standard InChI is InChI=1S/C28H30N4O2S/c1-19-12-14-32(15-13-19)17-24-30-26(29-16-20-8-10-22(11-9-20)28(33)34-2)25-23(18-35-27(25)31-24)21-6-4-3-5-7-21/h3-11,18-19H,12-17H2,1-2H3,(H,29,30,31). The Morgan fingerprint density at radius 2 is 1.83 bits per heavy atom. The fraction of sp³-hybridized carbons (Fsp3) is 0.321. The number of ether oxygens (including phenoxy) is 1. The molecule has 0 atom stereocenters. The number of aromatic nitrogens is 2. The number of esters is 1. The highest BCUT2D eigenvalue weighted by Crippen LogP contribution is 2.37. The van der Waals surface area contributed by atoms with Gasteiger partial charge in [0.05, 0.1) is 24.6 Å². The van der Waals surface area contributed by atoms with Crippen LogP contribution >= 0.6 is 11.3 Å². The molecule has 1 aliphatic heterocycles. The Morgan fingerprint density at radius 3 is 2.54 bits per heavy atom. The van der Waals surface area contributed by atoms with Crippen molar-refractivity contribution in [3.05, 3.63) is 76.9 Å². The second-order valence-electron chi connectivity index (χ2n) is 9.18. The van der Waals surface area contributed by atoms with Crippen molar-refractivity contribution < 1.29 is 9.53 Å². The van der Waals surface area contributed by atoms with Crippen molar-refractivity contribution in [2.75, 3.05) is 25.5 Å². The average molecular weight is 487 g/mol. The number of likely N-dealkylation sites (tertiary alicyclic amines) is 1. The Balaban J connectivity index is 1.45. The number of hydrogen-bond acceptors (Lipinski definition) is 7. The number of anilines is 1. The zero-order chi connectivity index (χ0) is 24.2. The third-order valence-corrected chi connectivity index (χ3v) is 7.51. The Hall–Kier alpha value is -3.29. The van der Waals surface area contributed by atoms with Crippen molar-refractivity contribution in [1.82, 2.24) is 14.9 Å². The quantitative estimate of drug-likeness (QED) is 0.324. The number of nitrogens with one attached hydrogen (secondary N) is 1. The van der Waals surface area contributed by atoms with E-state index >= 15 is 0 Å². The number of carbonyl (C=O) groups is 1. The van der Waals surface area contributed by atoms with Gasteiger partial charge in [0, 0.05) is 17.5 Å². The third-order valence-electron chi connectivity index (χ3n) is 6.64. The molecule has 1 fully saturated rings. The lowest BCUT2D eigenvalue weighted by atomic mass is 9.99. The van der Waals surface area contributed by atoms with Crippen LogP contribution in [-0.2, 0) is 17.8 Å². The minimum atomic E-state index is -0.329. The Labute approximate surface area is 210 Å². The third kappa shape index (κ3) is 5.36. The summed E-state index contributed by atoms with van der Waals surface area (Å²) < 4.78 is 4.81. The molecule has 0 bridgehead atoms. The monoisotopic (exact) mass is 486 g/mol. The number of piperidine rings is 1. The summed E-state index contributed by atoms with van der Waals surface area (Å²) in [5.74, 6) is 2.18. The van der Waals surface area contributed by atoms with Crippen molar-refractivity contribution in [2.45, 2.75) is 32.9 Å². The summed E-state index contributed by atoms with van der Waals surface area (Å²) in [5.41, 5.74) is 3.91. The number of nitrogens with zero attached hydrogens (tertiary/aromatic N) is 3. The molecule has 0 spiro atoms. The van der Waals surface area contributed by atoms with Crippen LogP contribution in [0.15, 0.2) is 60.0 Å². The molecule has 7 heteroatoms. The number of methoxy groups -OCH3 is 1. The molecule has 2 aromatic carbocycles. The van der Waals surface area contributed by atoms with Crippen molar-refractivity contribution in [1.29, 1.82) is 0 Å². The van der Waals surface area contributed by atoms with Gasteiger partial charge >= 0.3 is 5.97 Å². The minimum absolute atomic E-state index is 0.329. The van der Waals surface area contributed by atoms with Crippen LogP contribution < -0.4 is 5.32 Å². The predicted octanol–water partition coefficient (Wildman–Crippen LogP) is 5.99. The molecular weight excluding hydrogens is 456 g/mol. The molecule has 35 heavy (non-hydrogen) atoms. The molecule has 6 nitrogen and oxygen atoms in total. The van der Waals surface area contributed by atoms with Crippen molar-refractivity contribution in [3.63, 3.8) is 0 Å². The molecule has 3 heterocycles. The lowest BCUT2D eigenvalue weighted by Gasteiger charge is -2.29. The fourth-order valence-corrected chi connectivity index (χ4v) is 5.46. The van der Waals surface area contributed by atoms with Gasteiger partial charge in [0.1, 0.15) is 16.5 Å². The van der Waals surface area contributed by atoms with E-state index in [0.717, 1.165) is 64.1 Å². The molecule has 5 rings (SSSR count). The van der Waals surface area contributed by atoms with Crippen LogP contribution in [-0.4, -0.2) is 41.0 Å². The minimum Gasteiger partial charge on any atom is -0.465 e. The summed E-state index contributed by atoms with van der Waals surface area (Å²) in [4.78, 5) is 25.2. The van der Waals surface area contributed by atoms with Gasteiger partial charge in [-0.3, -0.25) is 4.90 Å². The van der Waals surface area contributed by atoms with Crippen molar-refractivity contribution >= 4 is 33.3 Å². The highest BCUT2D eigenvalue weighted by molar-refractivity contribution is 7.17. The smallest absolute Gasteiger partial charge is 0.337 e. The van der Waals surface area contributed by atoms with E-state index in [-0.39, 0.29) is 5.97 Å². The van der Waals surface area contributed by atoms with Gasteiger partial charge in [-0.25, -0.2) is 14.8 Å². The highest BCUT2D eigenvalue weighted by atomic mass is 32.1. The van der Waals surface area contributed by atoms with Crippen molar-refractivity contribution in [3.8, 4) is 11.1 Å². The van der Waals surface area contributed by atoms with Crippen LogP contribution in [0.3, 0.4) is 0 Å². The van der Waals surface area contributed by atoms with E-state index in [1.807, 2.05) is 18.2 Å². The Bertz CT molecular complexity index is 1300. The zero-order valence-electron chi connectivity index (χ0n) is 20.2. The molecule has 2 aromatic heterocycles. The normalized spacial score (nSPS) is 14.8. The van der Waals surface area contributed by atoms with Gasteiger partial charge < -0.3 is 10.1 Å². The molecule has 0 radical (unpaired) electrons. The molecule has 4 aromatic rings. The predicted molar refractivity (Wildman–Crippen MR) is 142 cm³/mol.